The molecule has 7 heteroatoms. The second-order valence-corrected chi connectivity index (χ2v) is 9.07. The topological polar surface area (TPSA) is 75.1 Å². The van der Waals surface area contributed by atoms with Crippen LogP contribution in [0.5, 0.6) is 0 Å². The van der Waals surface area contributed by atoms with Gasteiger partial charge in [0.05, 0.1) is 6.04 Å². The summed E-state index contributed by atoms with van der Waals surface area (Å²) in [4.78, 5) is 36.3. The quantitative estimate of drug-likeness (QED) is 0.772. The Morgan fingerprint density at radius 1 is 0.967 bits per heavy atom. The molecular formula is C23H30N6O. The highest BCUT2D eigenvalue weighted by molar-refractivity contribution is 5.95. The monoisotopic (exact) mass is 406 g/mol. The number of carbonyl (C=O) groups is 1. The number of aromatic nitrogens is 4. The predicted octanol–water partition coefficient (Wildman–Crippen LogP) is 3.61. The van der Waals surface area contributed by atoms with Crippen LogP contribution >= 0.6 is 0 Å². The summed E-state index contributed by atoms with van der Waals surface area (Å²) in [6.45, 7) is 7.79. The highest BCUT2D eigenvalue weighted by Crippen LogP contribution is 2.37. The van der Waals surface area contributed by atoms with E-state index >= 15 is 0 Å². The molecule has 1 saturated carbocycles. The Balaban J connectivity index is 1.54. The lowest BCUT2D eigenvalue weighted by atomic mass is 9.99. The molecule has 2 aliphatic heterocycles. The summed E-state index contributed by atoms with van der Waals surface area (Å²) in [5.41, 5.74) is 4.11. The van der Waals surface area contributed by atoms with E-state index in [2.05, 4.69) is 11.8 Å². The van der Waals surface area contributed by atoms with Crippen LogP contribution in [0.1, 0.15) is 73.0 Å². The van der Waals surface area contributed by atoms with Crippen LogP contribution in [0.2, 0.25) is 0 Å². The van der Waals surface area contributed by atoms with E-state index in [0.29, 0.717) is 12.3 Å². The fraction of sp³-hybridized carbons (Fsp3) is 0.609. The Morgan fingerprint density at radius 3 is 2.47 bits per heavy atom. The molecule has 2 aromatic heterocycles. The Morgan fingerprint density at radius 2 is 1.73 bits per heavy atom. The van der Waals surface area contributed by atoms with Crippen LogP contribution < -0.4 is 9.80 Å². The number of fused-ring (bicyclic) bond motifs is 1. The molecule has 4 heterocycles. The number of carbonyl (C=O) groups excluding carboxylic acids is 1. The summed E-state index contributed by atoms with van der Waals surface area (Å²) in [5.74, 6) is 3.27. The average Bonchev–Trinajstić information content (AvgIpc) is 3.53. The van der Waals surface area contributed by atoms with Crippen molar-refractivity contribution in [1.29, 1.82) is 0 Å². The molecule has 30 heavy (non-hydrogen) atoms. The van der Waals surface area contributed by atoms with Gasteiger partial charge in [-0.05, 0) is 71.3 Å². The molecule has 1 atom stereocenters. The van der Waals surface area contributed by atoms with Crippen LogP contribution in [0.3, 0.4) is 0 Å². The first-order valence-electron chi connectivity index (χ1n) is 11.3. The summed E-state index contributed by atoms with van der Waals surface area (Å²) < 4.78 is 0. The molecule has 0 aromatic carbocycles. The molecule has 0 unspecified atom stereocenters. The minimum absolute atomic E-state index is 0.0451. The van der Waals surface area contributed by atoms with Crippen LogP contribution in [0, 0.1) is 26.7 Å². The zero-order valence-electron chi connectivity index (χ0n) is 18.2. The normalized spacial score (nSPS) is 21.7. The molecule has 0 radical (unpaired) electrons. The van der Waals surface area contributed by atoms with Crippen molar-refractivity contribution in [3.05, 3.63) is 34.5 Å². The zero-order chi connectivity index (χ0) is 20.8. The average molecular weight is 407 g/mol. The smallest absolute Gasteiger partial charge is 0.228 e. The Kier molecular flexibility index (Phi) is 4.91. The Labute approximate surface area is 178 Å². The highest BCUT2D eigenvalue weighted by Gasteiger charge is 2.35. The number of nitrogens with zero attached hydrogens (tertiary/aromatic N) is 6. The summed E-state index contributed by atoms with van der Waals surface area (Å²) in [5, 5.41) is 0. The van der Waals surface area contributed by atoms with Crippen molar-refractivity contribution in [2.45, 2.75) is 71.8 Å². The van der Waals surface area contributed by atoms with Crippen molar-refractivity contribution in [3.8, 4) is 0 Å². The third-order valence-electron chi connectivity index (χ3n) is 6.52. The van der Waals surface area contributed by atoms with E-state index in [0.717, 1.165) is 79.0 Å². The van der Waals surface area contributed by atoms with Crippen LogP contribution in [0.4, 0.5) is 11.8 Å². The van der Waals surface area contributed by atoms with Gasteiger partial charge in [-0.15, -0.1) is 0 Å². The number of aryl methyl sites for hydroxylation is 3. The van der Waals surface area contributed by atoms with Gasteiger partial charge in [0.2, 0.25) is 11.9 Å². The van der Waals surface area contributed by atoms with Gasteiger partial charge in [-0.25, -0.2) is 19.9 Å². The Bertz CT molecular complexity index is 966. The van der Waals surface area contributed by atoms with Gasteiger partial charge in [0.1, 0.15) is 5.82 Å². The molecule has 2 fully saturated rings. The lowest BCUT2D eigenvalue weighted by molar-refractivity contribution is -0.119. The van der Waals surface area contributed by atoms with Crippen molar-refractivity contribution < 1.29 is 4.79 Å². The molecule has 0 N–H and O–H groups in total. The molecule has 2 aromatic rings. The van der Waals surface area contributed by atoms with Gasteiger partial charge in [-0.1, -0.05) is 0 Å². The standard InChI is InChI=1S/C23H30N6O/c1-14-12-15(2)25-23(24-14)28-11-5-4-6-19(28)21-26-16(3)18-9-10-20(30)29(22(18)27-21)13-17-7-8-17/h12,17,19H,4-11,13H2,1-3H3/t19-/m0/s1. The van der Waals surface area contributed by atoms with Gasteiger partial charge in [-0.3, -0.25) is 9.69 Å². The highest BCUT2D eigenvalue weighted by atomic mass is 16.2. The number of hydrogen-bond acceptors (Lipinski definition) is 6. The largest absolute Gasteiger partial charge is 0.331 e. The maximum Gasteiger partial charge on any atom is 0.228 e. The lowest BCUT2D eigenvalue weighted by Gasteiger charge is -2.36. The molecular weight excluding hydrogens is 376 g/mol. The van der Waals surface area contributed by atoms with Gasteiger partial charge in [0.15, 0.2) is 5.82 Å². The fourth-order valence-corrected chi connectivity index (χ4v) is 4.77. The summed E-state index contributed by atoms with van der Waals surface area (Å²) >= 11 is 0. The van der Waals surface area contributed by atoms with E-state index in [1.165, 1.54) is 12.8 Å². The molecule has 158 valence electrons. The van der Waals surface area contributed by atoms with E-state index < -0.39 is 0 Å². The molecule has 0 bridgehead atoms. The molecule has 5 rings (SSSR count). The first-order chi connectivity index (χ1) is 14.5. The maximum absolute atomic E-state index is 12.7. The Hall–Kier alpha value is -2.57. The number of piperidine rings is 1. The summed E-state index contributed by atoms with van der Waals surface area (Å²) in [7, 11) is 0. The molecule has 1 saturated heterocycles. The molecule has 0 spiro atoms. The number of hydrogen-bond donors (Lipinski definition) is 0. The van der Waals surface area contributed by atoms with Crippen molar-refractivity contribution >= 4 is 17.7 Å². The first kappa shape index (κ1) is 19.4. The van der Waals surface area contributed by atoms with E-state index in [1.807, 2.05) is 24.8 Å². The van der Waals surface area contributed by atoms with Crippen LogP contribution in [0.25, 0.3) is 0 Å². The van der Waals surface area contributed by atoms with Crippen LogP contribution in [-0.2, 0) is 11.2 Å². The van der Waals surface area contributed by atoms with Crippen molar-refractivity contribution in [1.82, 2.24) is 19.9 Å². The van der Waals surface area contributed by atoms with Gasteiger partial charge in [0, 0.05) is 42.2 Å². The first-order valence-corrected chi connectivity index (χ1v) is 11.3. The number of anilines is 2. The number of rotatable bonds is 4. The minimum atomic E-state index is 0.0451. The van der Waals surface area contributed by atoms with E-state index in [9.17, 15) is 4.79 Å². The van der Waals surface area contributed by atoms with E-state index in [4.69, 9.17) is 19.9 Å². The third-order valence-corrected chi connectivity index (χ3v) is 6.52. The predicted molar refractivity (Wildman–Crippen MR) is 116 cm³/mol. The fourth-order valence-electron chi connectivity index (χ4n) is 4.77. The zero-order valence-corrected chi connectivity index (χ0v) is 18.2. The molecule has 1 aliphatic carbocycles. The van der Waals surface area contributed by atoms with Gasteiger partial charge >= 0.3 is 0 Å². The molecule has 3 aliphatic rings. The van der Waals surface area contributed by atoms with Crippen molar-refractivity contribution in [2.75, 3.05) is 22.9 Å². The van der Waals surface area contributed by atoms with Gasteiger partial charge in [-0.2, -0.15) is 0 Å². The summed E-state index contributed by atoms with van der Waals surface area (Å²) in [6.07, 6.45) is 6.97. The van der Waals surface area contributed by atoms with E-state index in [-0.39, 0.29) is 11.9 Å². The third kappa shape index (κ3) is 3.66. The van der Waals surface area contributed by atoms with Gasteiger partial charge in [0.25, 0.3) is 0 Å². The van der Waals surface area contributed by atoms with Crippen molar-refractivity contribution in [2.24, 2.45) is 5.92 Å². The van der Waals surface area contributed by atoms with Crippen molar-refractivity contribution in [3.63, 3.8) is 0 Å². The molecule has 1 amide bonds. The number of amides is 1. The van der Waals surface area contributed by atoms with E-state index in [1.54, 1.807) is 0 Å². The second-order valence-electron chi connectivity index (χ2n) is 9.07. The second kappa shape index (κ2) is 7.60. The maximum atomic E-state index is 12.7. The SMILES string of the molecule is Cc1cc(C)nc(N2CCCC[C@H]2c2nc(C)c3c(n2)N(CC2CC2)C(=O)CC3)n1. The minimum Gasteiger partial charge on any atom is -0.331 e. The van der Waals surface area contributed by atoms with Crippen LogP contribution in [-0.4, -0.2) is 38.9 Å². The summed E-state index contributed by atoms with van der Waals surface area (Å²) in [6, 6.07) is 2.05. The van der Waals surface area contributed by atoms with Crippen LogP contribution in [0.15, 0.2) is 6.07 Å². The van der Waals surface area contributed by atoms with Gasteiger partial charge < -0.3 is 4.90 Å². The molecule has 7 nitrogen and oxygen atoms in total. The lowest BCUT2D eigenvalue weighted by Crippen LogP contribution is -2.40.